The molecule has 1 unspecified atom stereocenters. The molecule has 1 fully saturated rings. The van der Waals surface area contributed by atoms with Crippen molar-refractivity contribution < 1.29 is 9.53 Å². The van der Waals surface area contributed by atoms with E-state index in [-0.39, 0.29) is 5.41 Å². The van der Waals surface area contributed by atoms with Crippen LogP contribution in [0.15, 0.2) is 0 Å². The van der Waals surface area contributed by atoms with Gasteiger partial charge in [-0.25, -0.2) is 4.98 Å². The molecular weight excluding hydrogens is 272 g/mol. The van der Waals surface area contributed by atoms with Crippen LogP contribution < -0.4 is 4.90 Å². The summed E-state index contributed by atoms with van der Waals surface area (Å²) in [5, 5.41) is 0.940. The molecule has 0 spiro atoms. The number of likely N-dealkylation sites (N-methyl/N-ethyl adjacent to an activating group) is 1. The first kappa shape index (κ1) is 15.4. The summed E-state index contributed by atoms with van der Waals surface area (Å²) in [6.07, 6.45) is 3.50. The van der Waals surface area contributed by atoms with E-state index in [0.717, 1.165) is 54.5 Å². The molecule has 0 saturated carbocycles. The highest BCUT2D eigenvalue weighted by atomic mass is 32.1. The number of rotatable bonds is 5. The predicted octanol–water partition coefficient (Wildman–Crippen LogP) is 3.26. The molecule has 20 heavy (non-hydrogen) atoms. The molecule has 0 aliphatic carbocycles. The quantitative estimate of drug-likeness (QED) is 0.782. The largest absolute Gasteiger partial charge is 0.376 e. The zero-order valence-corrected chi connectivity index (χ0v) is 13.6. The van der Waals surface area contributed by atoms with Crippen molar-refractivity contribution in [2.75, 3.05) is 24.6 Å². The Morgan fingerprint density at radius 1 is 1.50 bits per heavy atom. The SMILES string of the molecule is CCN(CC1CCCO1)c1nc(C(C)(C)C)c(C=O)s1. The van der Waals surface area contributed by atoms with Gasteiger partial charge in [-0.2, -0.15) is 0 Å². The molecule has 112 valence electrons. The fraction of sp³-hybridized carbons (Fsp3) is 0.733. The van der Waals surface area contributed by atoms with E-state index in [1.165, 1.54) is 11.3 Å². The van der Waals surface area contributed by atoms with Crippen molar-refractivity contribution in [3.63, 3.8) is 0 Å². The number of ether oxygens (including phenoxy) is 1. The van der Waals surface area contributed by atoms with E-state index in [9.17, 15) is 4.79 Å². The van der Waals surface area contributed by atoms with Gasteiger partial charge in [-0.3, -0.25) is 4.79 Å². The number of aldehydes is 1. The number of hydrogen-bond donors (Lipinski definition) is 0. The van der Waals surface area contributed by atoms with Crippen molar-refractivity contribution >= 4 is 22.8 Å². The molecule has 1 aromatic heterocycles. The molecule has 1 aliphatic heterocycles. The average Bonchev–Trinajstić information content (AvgIpc) is 3.03. The lowest BCUT2D eigenvalue weighted by molar-refractivity contribution is 0.112. The number of carbonyl (C=O) groups excluding carboxylic acids is 1. The number of anilines is 1. The molecule has 0 aromatic carbocycles. The van der Waals surface area contributed by atoms with Crippen LogP contribution in [0, 0.1) is 0 Å². The van der Waals surface area contributed by atoms with Gasteiger partial charge < -0.3 is 9.64 Å². The van der Waals surface area contributed by atoms with Crippen LogP contribution in [0.2, 0.25) is 0 Å². The molecule has 0 bridgehead atoms. The van der Waals surface area contributed by atoms with Gasteiger partial charge in [0.15, 0.2) is 11.4 Å². The van der Waals surface area contributed by atoms with Crippen LogP contribution >= 0.6 is 11.3 Å². The standard InChI is InChI=1S/C15H24N2O2S/c1-5-17(9-11-7-6-8-19-11)14-16-13(15(2,3)4)12(10-18)20-14/h10-11H,5-9H2,1-4H3. The Labute approximate surface area is 125 Å². The van der Waals surface area contributed by atoms with Gasteiger partial charge in [0.05, 0.1) is 16.7 Å². The third-order valence-corrected chi connectivity index (χ3v) is 4.60. The highest BCUT2D eigenvalue weighted by molar-refractivity contribution is 7.17. The van der Waals surface area contributed by atoms with Crippen molar-refractivity contribution in [3.05, 3.63) is 10.6 Å². The summed E-state index contributed by atoms with van der Waals surface area (Å²) in [4.78, 5) is 19.0. The summed E-state index contributed by atoms with van der Waals surface area (Å²) in [5.41, 5.74) is 0.798. The van der Waals surface area contributed by atoms with Crippen molar-refractivity contribution in [1.82, 2.24) is 4.98 Å². The third-order valence-electron chi connectivity index (χ3n) is 3.56. The lowest BCUT2D eigenvalue weighted by atomic mass is 9.91. The molecular formula is C15H24N2O2S. The van der Waals surface area contributed by atoms with Crippen molar-refractivity contribution in [3.8, 4) is 0 Å². The van der Waals surface area contributed by atoms with Gasteiger partial charge in [0, 0.05) is 25.1 Å². The van der Waals surface area contributed by atoms with Crippen molar-refractivity contribution in [2.24, 2.45) is 0 Å². The molecule has 2 rings (SSSR count). The Morgan fingerprint density at radius 2 is 2.25 bits per heavy atom. The zero-order valence-electron chi connectivity index (χ0n) is 12.8. The van der Waals surface area contributed by atoms with E-state index < -0.39 is 0 Å². The Balaban J connectivity index is 2.21. The van der Waals surface area contributed by atoms with Crippen LogP contribution in [0.4, 0.5) is 5.13 Å². The summed E-state index contributed by atoms with van der Waals surface area (Å²) in [5.74, 6) is 0. The maximum Gasteiger partial charge on any atom is 0.186 e. The van der Waals surface area contributed by atoms with Gasteiger partial charge >= 0.3 is 0 Å². The lowest BCUT2D eigenvalue weighted by Crippen LogP contribution is -2.32. The Morgan fingerprint density at radius 3 is 2.70 bits per heavy atom. The topological polar surface area (TPSA) is 42.4 Å². The van der Waals surface area contributed by atoms with Gasteiger partial charge in [0.1, 0.15) is 0 Å². The summed E-state index contributed by atoms with van der Waals surface area (Å²) in [6.45, 7) is 11.0. The fourth-order valence-corrected chi connectivity index (χ4v) is 3.61. The third kappa shape index (κ3) is 3.38. The maximum atomic E-state index is 11.3. The monoisotopic (exact) mass is 296 g/mol. The lowest BCUT2D eigenvalue weighted by Gasteiger charge is -2.23. The van der Waals surface area contributed by atoms with E-state index in [4.69, 9.17) is 9.72 Å². The molecule has 1 aliphatic rings. The Bertz CT molecular complexity index is 459. The second-order valence-corrected chi connectivity index (χ2v) is 7.26. The first-order valence-electron chi connectivity index (χ1n) is 7.28. The van der Waals surface area contributed by atoms with E-state index in [0.29, 0.717) is 6.10 Å². The van der Waals surface area contributed by atoms with Gasteiger partial charge in [0.2, 0.25) is 0 Å². The van der Waals surface area contributed by atoms with Gasteiger partial charge in [-0.1, -0.05) is 32.1 Å². The fourth-order valence-electron chi connectivity index (χ4n) is 2.45. The zero-order chi connectivity index (χ0) is 14.8. The normalized spacial score (nSPS) is 19.3. The molecule has 2 heterocycles. The van der Waals surface area contributed by atoms with Crippen LogP contribution in [-0.2, 0) is 10.2 Å². The van der Waals surface area contributed by atoms with Gasteiger partial charge in [0.25, 0.3) is 0 Å². The van der Waals surface area contributed by atoms with E-state index in [1.807, 2.05) is 0 Å². The minimum absolute atomic E-state index is 0.103. The van der Waals surface area contributed by atoms with Gasteiger partial charge in [-0.15, -0.1) is 0 Å². The van der Waals surface area contributed by atoms with Crippen LogP contribution in [0.25, 0.3) is 0 Å². The molecule has 1 atom stereocenters. The summed E-state index contributed by atoms with van der Waals surface area (Å²) >= 11 is 1.49. The molecule has 5 heteroatoms. The minimum atomic E-state index is -0.103. The Kier molecular flexibility index (Phi) is 4.81. The van der Waals surface area contributed by atoms with Crippen molar-refractivity contribution in [2.45, 2.75) is 52.1 Å². The van der Waals surface area contributed by atoms with Crippen LogP contribution in [0.3, 0.4) is 0 Å². The smallest absolute Gasteiger partial charge is 0.186 e. The first-order valence-corrected chi connectivity index (χ1v) is 8.10. The van der Waals surface area contributed by atoms with Crippen LogP contribution in [0.5, 0.6) is 0 Å². The molecule has 1 saturated heterocycles. The van der Waals surface area contributed by atoms with Crippen LogP contribution in [-0.4, -0.2) is 37.1 Å². The summed E-state index contributed by atoms with van der Waals surface area (Å²) in [7, 11) is 0. The molecule has 0 N–H and O–H groups in total. The summed E-state index contributed by atoms with van der Waals surface area (Å²) < 4.78 is 5.70. The van der Waals surface area contributed by atoms with Crippen molar-refractivity contribution in [1.29, 1.82) is 0 Å². The maximum absolute atomic E-state index is 11.3. The number of thiazole rings is 1. The molecule has 1 aromatic rings. The minimum Gasteiger partial charge on any atom is -0.376 e. The second kappa shape index (κ2) is 6.22. The number of hydrogen-bond acceptors (Lipinski definition) is 5. The number of nitrogens with zero attached hydrogens (tertiary/aromatic N) is 2. The highest BCUT2D eigenvalue weighted by Gasteiger charge is 2.26. The van der Waals surface area contributed by atoms with Crippen LogP contribution in [0.1, 0.15) is 55.9 Å². The second-order valence-electron chi connectivity index (χ2n) is 6.25. The number of aromatic nitrogens is 1. The summed E-state index contributed by atoms with van der Waals surface area (Å²) in [6, 6.07) is 0. The molecule has 0 amide bonds. The molecule has 0 radical (unpaired) electrons. The average molecular weight is 296 g/mol. The predicted molar refractivity (Wildman–Crippen MR) is 83.1 cm³/mol. The first-order chi connectivity index (χ1) is 9.45. The number of carbonyl (C=O) groups is 1. The van der Waals surface area contributed by atoms with E-state index in [1.54, 1.807) is 0 Å². The highest BCUT2D eigenvalue weighted by Crippen LogP contribution is 2.33. The van der Waals surface area contributed by atoms with Gasteiger partial charge in [-0.05, 0) is 19.8 Å². The Hall–Kier alpha value is -0.940. The molecule has 4 nitrogen and oxygen atoms in total. The van der Waals surface area contributed by atoms with E-state index >= 15 is 0 Å². The van der Waals surface area contributed by atoms with E-state index in [2.05, 4.69) is 32.6 Å².